The minimum absolute atomic E-state index is 0.0662. The third-order valence-corrected chi connectivity index (χ3v) is 4.31. The first kappa shape index (κ1) is 16.2. The number of carbonyl (C=O) groups excluding carboxylic acids is 1. The van der Waals surface area contributed by atoms with Crippen molar-refractivity contribution in [2.75, 3.05) is 7.11 Å². The topological polar surface area (TPSA) is 44.1 Å². The molecule has 0 N–H and O–H groups in total. The van der Waals surface area contributed by atoms with E-state index in [0.29, 0.717) is 24.4 Å². The second-order valence-electron chi connectivity index (χ2n) is 4.67. The Balaban J connectivity index is 3.05. The summed E-state index contributed by atoms with van der Waals surface area (Å²) in [6.07, 6.45) is 1.59. The highest BCUT2D eigenvalue weighted by Gasteiger charge is 2.35. The molecule has 0 saturated heterocycles. The zero-order valence-electron chi connectivity index (χ0n) is 12.4. The highest BCUT2D eigenvalue weighted by atomic mass is 35.5. The van der Waals surface area contributed by atoms with Gasteiger partial charge in [-0.25, -0.2) is 0 Å². The van der Waals surface area contributed by atoms with Crippen LogP contribution in [-0.2, 0) is 22.5 Å². The fourth-order valence-electron chi connectivity index (χ4n) is 2.40. The van der Waals surface area contributed by atoms with Crippen LogP contribution in [0.3, 0.4) is 0 Å². The molecule has 0 bridgehead atoms. The average molecular weight is 287 g/mol. The van der Waals surface area contributed by atoms with Crippen LogP contribution in [0, 0.1) is 6.92 Å². The van der Waals surface area contributed by atoms with Crippen LogP contribution in [-0.4, -0.2) is 28.3 Å². The highest BCUT2D eigenvalue weighted by Crippen LogP contribution is 2.26. The number of hydrogen-bond donors (Lipinski definition) is 0. The summed E-state index contributed by atoms with van der Waals surface area (Å²) < 4.78 is 7.26. The molecular formula is C14H23ClN2O2. The Bertz CT molecular complexity index is 442. The highest BCUT2D eigenvalue weighted by molar-refractivity contribution is 6.32. The van der Waals surface area contributed by atoms with Crippen molar-refractivity contribution >= 4 is 17.4 Å². The Morgan fingerprint density at radius 3 is 2.37 bits per heavy atom. The number of methoxy groups -OCH3 is 1. The van der Waals surface area contributed by atoms with Crippen molar-refractivity contribution in [3.63, 3.8) is 0 Å². The van der Waals surface area contributed by atoms with Crippen LogP contribution in [0.5, 0.6) is 0 Å². The second-order valence-corrected chi connectivity index (χ2v) is 5.05. The van der Waals surface area contributed by atoms with Gasteiger partial charge in [0.05, 0.1) is 22.8 Å². The fourth-order valence-corrected chi connectivity index (χ4v) is 2.60. The van der Waals surface area contributed by atoms with Gasteiger partial charge in [-0.05, 0) is 26.7 Å². The number of Topliss-reactive ketones (excluding diaryl/α,β-unsaturated/α-hetero) is 1. The van der Waals surface area contributed by atoms with Gasteiger partial charge in [0.1, 0.15) is 5.60 Å². The number of ether oxygens (including phenoxy) is 1. The zero-order valence-corrected chi connectivity index (χ0v) is 13.2. The second kappa shape index (κ2) is 6.53. The van der Waals surface area contributed by atoms with Crippen molar-refractivity contribution in [2.45, 2.75) is 59.1 Å². The van der Waals surface area contributed by atoms with Crippen LogP contribution >= 0.6 is 11.6 Å². The average Bonchev–Trinajstić information content (AvgIpc) is 2.69. The van der Waals surface area contributed by atoms with E-state index in [0.717, 1.165) is 11.4 Å². The summed E-state index contributed by atoms with van der Waals surface area (Å²) in [7, 11) is 1.59. The molecule has 0 amide bonds. The van der Waals surface area contributed by atoms with Crippen LogP contribution in [0.25, 0.3) is 0 Å². The van der Waals surface area contributed by atoms with Crippen LogP contribution in [0.2, 0.25) is 5.02 Å². The SMILES string of the molecule is CCn1nc(C)c(Cl)c1CC(=O)C(CC)(CC)OC. The van der Waals surface area contributed by atoms with E-state index in [-0.39, 0.29) is 12.2 Å². The molecule has 1 aromatic heterocycles. The number of ketones is 1. The van der Waals surface area contributed by atoms with E-state index in [1.54, 1.807) is 11.8 Å². The van der Waals surface area contributed by atoms with Gasteiger partial charge in [-0.3, -0.25) is 9.48 Å². The Hall–Kier alpha value is -0.870. The maximum atomic E-state index is 12.5. The van der Waals surface area contributed by atoms with E-state index < -0.39 is 5.60 Å². The summed E-state index contributed by atoms with van der Waals surface area (Å²) in [6, 6.07) is 0. The number of halogens is 1. The first-order chi connectivity index (χ1) is 8.95. The lowest BCUT2D eigenvalue weighted by Gasteiger charge is -2.28. The van der Waals surface area contributed by atoms with Crippen molar-refractivity contribution in [3.05, 3.63) is 16.4 Å². The van der Waals surface area contributed by atoms with Crippen LogP contribution in [0.15, 0.2) is 0 Å². The molecule has 1 heterocycles. The summed E-state index contributed by atoms with van der Waals surface area (Å²) in [6.45, 7) is 8.48. The Morgan fingerprint density at radius 1 is 1.37 bits per heavy atom. The molecule has 0 aliphatic rings. The first-order valence-corrected chi connectivity index (χ1v) is 7.13. The lowest BCUT2D eigenvalue weighted by atomic mass is 9.89. The summed E-state index contributed by atoms with van der Waals surface area (Å²) in [4.78, 5) is 12.5. The molecule has 4 nitrogen and oxygen atoms in total. The van der Waals surface area contributed by atoms with Crippen LogP contribution in [0.4, 0.5) is 0 Å². The molecule has 0 saturated carbocycles. The van der Waals surface area contributed by atoms with Gasteiger partial charge in [0.15, 0.2) is 5.78 Å². The van der Waals surface area contributed by atoms with Crippen molar-refractivity contribution < 1.29 is 9.53 Å². The number of aryl methyl sites for hydroxylation is 2. The molecule has 5 heteroatoms. The van der Waals surface area contributed by atoms with Gasteiger partial charge < -0.3 is 4.74 Å². The Labute approximate surface area is 120 Å². The number of carbonyl (C=O) groups is 1. The summed E-state index contributed by atoms with van der Waals surface area (Å²) >= 11 is 6.24. The number of nitrogens with zero attached hydrogens (tertiary/aromatic N) is 2. The van der Waals surface area contributed by atoms with Crippen LogP contribution in [0.1, 0.15) is 45.0 Å². The van der Waals surface area contributed by atoms with E-state index >= 15 is 0 Å². The van der Waals surface area contributed by atoms with E-state index in [9.17, 15) is 4.79 Å². The van der Waals surface area contributed by atoms with Gasteiger partial charge in [-0.2, -0.15) is 5.10 Å². The normalized spacial score (nSPS) is 11.9. The summed E-state index contributed by atoms with van der Waals surface area (Å²) in [5.41, 5.74) is 0.845. The molecule has 0 fully saturated rings. The van der Waals surface area contributed by atoms with E-state index in [1.807, 2.05) is 27.7 Å². The van der Waals surface area contributed by atoms with E-state index in [2.05, 4.69) is 5.10 Å². The van der Waals surface area contributed by atoms with Gasteiger partial charge >= 0.3 is 0 Å². The smallest absolute Gasteiger partial charge is 0.170 e. The molecule has 0 atom stereocenters. The first-order valence-electron chi connectivity index (χ1n) is 6.75. The summed E-state index contributed by atoms with van der Waals surface area (Å²) in [5.74, 6) is 0.0662. The maximum Gasteiger partial charge on any atom is 0.170 e. The zero-order chi connectivity index (χ0) is 14.6. The molecule has 0 radical (unpaired) electrons. The van der Waals surface area contributed by atoms with Crippen molar-refractivity contribution in [3.8, 4) is 0 Å². The summed E-state index contributed by atoms with van der Waals surface area (Å²) in [5, 5.41) is 4.92. The minimum atomic E-state index is -0.708. The van der Waals surface area contributed by atoms with Gasteiger partial charge in [0.25, 0.3) is 0 Å². The lowest BCUT2D eigenvalue weighted by Crippen LogP contribution is -2.41. The van der Waals surface area contributed by atoms with Crippen molar-refractivity contribution in [2.24, 2.45) is 0 Å². The minimum Gasteiger partial charge on any atom is -0.370 e. The van der Waals surface area contributed by atoms with Crippen LogP contribution < -0.4 is 0 Å². The maximum absolute atomic E-state index is 12.5. The molecule has 0 aromatic carbocycles. The number of hydrogen-bond acceptors (Lipinski definition) is 3. The predicted octanol–water partition coefficient (Wildman–Crippen LogP) is 3.18. The molecule has 19 heavy (non-hydrogen) atoms. The van der Waals surface area contributed by atoms with E-state index in [4.69, 9.17) is 16.3 Å². The third-order valence-electron chi connectivity index (χ3n) is 3.82. The fraction of sp³-hybridized carbons (Fsp3) is 0.714. The van der Waals surface area contributed by atoms with Crippen molar-refractivity contribution in [1.29, 1.82) is 0 Å². The molecule has 0 aliphatic carbocycles. The van der Waals surface area contributed by atoms with Gasteiger partial charge in [-0.1, -0.05) is 25.4 Å². The number of rotatable bonds is 7. The molecule has 0 aliphatic heterocycles. The monoisotopic (exact) mass is 286 g/mol. The third kappa shape index (κ3) is 3.00. The molecular weight excluding hydrogens is 264 g/mol. The van der Waals surface area contributed by atoms with Gasteiger partial charge in [0.2, 0.25) is 0 Å². The number of aromatic nitrogens is 2. The van der Waals surface area contributed by atoms with Gasteiger partial charge in [0, 0.05) is 13.7 Å². The largest absolute Gasteiger partial charge is 0.370 e. The molecule has 108 valence electrons. The van der Waals surface area contributed by atoms with Crippen molar-refractivity contribution in [1.82, 2.24) is 9.78 Å². The molecule has 0 spiro atoms. The standard InChI is InChI=1S/C14H23ClN2O2/c1-6-14(7-2,19-5)12(18)9-11-13(15)10(4)16-17(11)8-3/h6-9H2,1-5H3. The Kier molecular flexibility index (Phi) is 5.56. The van der Waals surface area contributed by atoms with Gasteiger partial charge in [-0.15, -0.1) is 0 Å². The van der Waals surface area contributed by atoms with E-state index in [1.165, 1.54) is 0 Å². The predicted molar refractivity (Wildman–Crippen MR) is 76.7 cm³/mol. The molecule has 1 rings (SSSR count). The quantitative estimate of drug-likeness (QED) is 0.773. The Morgan fingerprint density at radius 2 is 1.95 bits per heavy atom. The molecule has 0 unspecified atom stereocenters. The molecule has 1 aromatic rings. The lowest BCUT2D eigenvalue weighted by molar-refractivity contribution is -0.141.